The van der Waals surface area contributed by atoms with Crippen LogP contribution in [-0.2, 0) is 6.42 Å². The number of fused-ring (bicyclic) bond motifs is 1. The fraction of sp³-hybridized carbons (Fsp3) is 0.0500. The van der Waals surface area contributed by atoms with E-state index in [1.807, 2.05) is 60.7 Å². The van der Waals surface area contributed by atoms with Crippen LogP contribution in [-0.4, -0.2) is 14.5 Å². The van der Waals surface area contributed by atoms with Crippen molar-refractivity contribution >= 4 is 22.5 Å². The standard InChI is InChI=1S/C20H14ClN3O/c21-15-6-7-17-18(12-14-8-10-22-11-9-14)23-20(25)24(19(17)13-15)16-4-2-1-3-5-16/h1-11,13H,12H2. The summed E-state index contributed by atoms with van der Waals surface area (Å²) in [5.74, 6) is 0. The predicted octanol–water partition coefficient (Wildman–Crippen LogP) is 4.02. The molecule has 0 fully saturated rings. The highest BCUT2D eigenvalue weighted by Crippen LogP contribution is 2.24. The number of pyridine rings is 1. The maximum absolute atomic E-state index is 12.8. The lowest BCUT2D eigenvalue weighted by Gasteiger charge is -2.13. The lowest BCUT2D eigenvalue weighted by Crippen LogP contribution is -2.23. The van der Waals surface area contributed by atoms with Gasteiger partial charge >= 0.3 is 5.69 Å². The van der Waals surface area contributed by atoms with E-state index >= 15 is 0 Å². The maximum atomic E-state index is 12.8. The van der Waals surface area contributed by atoms with Gasteiger partial charge in [-0.25, -0.2) is 4.79 Å². The van der Waals surface area contributed by atoms with Gasteiger partial charge < -0.3 is 0 Å². The Morgan fingerprint density at radius 1 is 0.960 bits per heavy atom. The highest BCUT2D eigenvalue weighted by molar-refractivity contribution is 6.31. The van der Waals surface area contributed by atoms with Gasteiger partial charge in [-0.05, 0) is 48.0 Å². The van der Waals surface area contributed by atoms with E-state index in [1.165, 1.54) is 0 Å². The molecule has 0 atom stereocenters. The van der Waals surface area contributed by atoms with Crippen molar-refractivity contribution in [1.82, 2.24) is 14.5 Å². The van der Waals surface area contributed by atoms with Gasteiger partial charge in [0, 0.05) is 29.2 Å². The third kappa shape index (κ3) is 3.04. The van der Waals surface area contributed by atoms with Crippen LogP contribution >= 0.6 is 11.6 Å². The zero-order valence-corrected chi connectivity index (χ0v) is 14.0. The van der Waals surface area contributed by atoms with Crippen LogP contribution in [0.2, 0.25) is 5.02 Å². The van der Waals surface area contributed by atoms with Gasteiger partial charge in [0.05, 0.1) is 16.9 Å². The van der Waals surface area contributed by atoms with Crippen molar-refractivity contribution in [3.8, 4) is 5.69 Å². The minimum atomic E-state index is -0.315. The third-order valence-corrected chi connectivity index (χ3v) is 4.30. The molecule has 0 aliphatic carbocycles. The Labute approximate surface area is 149 Å². The summed E-state index contributed by atoms with van der Waals surface area (Å²) in [6, 6.07) is 18.8. The quantitative estimate of drug-likeness (QED) is 0.562. The van der Waals surface area contributed by atoms with E-state index in [-0.39, 0.29) is 5.69 Å². The molecule has 5 heteroatoms. The van der Waals surface area contributed by atoms with Crippen molar-refractivity contribution in [1.29, 1.82) is 0 Å². The SMILES string of the molecule is O=c1nc(Cc2ccncc2)c2ccc(Cl)cc2n1-c1ccccc1. The zero-order valence-electron chi connectivity index (χ0n) is 13.3. The van der Waals surface area contributed by atoms with Gasteiger partial charge in [0.2, 0.25) is 0 Å². The number of rotatable bonds is 3. The van der Waals surface area contributed by atoms with Gasteiger partial charge in [-0.1, -0.05) is 29.8 Å². The van der Waals surface area contributed by atoms with E-state index in [0.29, 0.717) is 11.4 Å². The van der Waals surface area contributed by atoms with Gasteiger partial charge in [0.15, 0.2) is 0 Å². The Morgan fingerprint density at radius 2 is 1.72 bits per heavy atom. The second-order valence-electron chi connectivity index (χ2n) is 5.71. The van der Waals surface area contributed by atoms with Crippen LogP contribution in [0.3, 0.4) is 0 Å². The molecule has 122 valence electrons. The first kappa shape index (κ1) is 15.5. The molecule has 0 saturated heterocycles. The van der Waals surface area contributed by atoms with E-state index in [4.69, 9.17) is 11.6 Å². The van der Waals surface area contributed by atoms with Crippen LogP contribution in [0.1, 0.15) is 11.3 Å². The van der Waals surface area contributed by atoms with Gasteiger partial charge in [-0.3, -0.25) is 9.55 Å². The molecule has 4 rings (SSSR count). The van der Waals surface area contributed by atoms with Crippen molar-refractivity contribution in [2.75, 3.05) is 0 Å². The number of hydrogen-bond acceptors (Lipinski definition) is 3. The number of aromatic nitrogens is 3. The molecule has 2 aromatic carbocycles. The van der Waals surface area contributed by atoms with Gasteiger partial charge in [0.1, 0.15) is 0 Å². The molecule has 2 heterocycles. The van der Waals surface area contributed by atoms with Gasteiger partial charge in [-0.2, -0.15) is 4.98 Å². The molecular formula is C20H14ClN3O. The second-order valence-corrected chi connectivity index (χ2v) is 6.14. The van der Waals surface area contributed by atoms with Crippen molar-refractivity contribution in [3.05, 3.63) is 99.8 Å². The maximum Gasteiger partial charge on any atom is 0.352 e. The largest absolute Gasteiger partial charge is 0.352 e. The van der Waals surface area contributed by atoms with Crippen molar-refractivity contribution in [2.45, 2.75) is 6.42 Å². The molecule has 0 aliphatic heterocycles. The first-order valence-electron chi connectivity index (χ1n) is 7.88. The molecule has 0 unspecified atom stereocenters. The minimum absolute atomic E-state index is 0.315. The highest BCUT2D eigenvalue weighted by Gasteiger charge is 2.13. The molecule has 0 amide bonds. The molecule has 0 saturated carbocycles. The highest BCUT2D eigenvalue weighted by atomic mass is 35.5. The molecule has 2 aromatic heterocycles. The van der Waals surface area contributed by atoms with Crippen LogP contribution in [0.25, 0.3) is 16.6 Å². The fourth-order valence-electron chi connectivity index (χ4n) is 2.92. The van der Waals surface area contributed by atoms with Crippen molar-refractivity contribution in [2.24, 2.45) is 0 Å². The number of halogens is 1. The summed E-state index contributed by atoms with van der Waals surface area (Å²) >= 11 is 6.20. The summed E-state index contributed by atoms with van der Waals surface area (Å²) in [6.45, 7) is 0. The predicted molar refractivity (Wildman–Crippen MR) is 99.4 cm³/mol. The van der Waals surface area contributed by atoms with E-state index in [1.54, 1.807) is 17.0 Å². The van der Waals surface area contributed by atoms with E-state index in [0.717, 1.165) is 27.8 Å². The minimum Gasteiger partial charge on any atom is -0.265 e. The topological polar surface area (TPSA) is 47.8 Å². The number of nitrogens with zero attached hydrogens (tertiary/aromatic N) is 3. The third-order valence-electron chi connectivity index (χ3n) is 4.07. The number of hydrogen-bond donors (Lipinski definition) is 0. The van der Waals surface area contributed by atoms with Crippen LogP contribution in [0, 0.1) is 0 Å². The summed E-state index contributed by atoms with van der Waals surface area (Å²) in [5, 5.41) is 1.49. The Morgan fingerprint density at radius 3 is 2.48 bits per heavy atom. The summed E-state index contributed by atoms with van der Waals surface area (Å²) in [6.07, 6.45) is 4.03. The smallest absolute Gasteiger partial charge is 0.265 e. The number of benzene rings is 2. The van der Waals surface area contributed by atoms with Crippen molar-refractivity contribution < 1.29 is 0 Å². The Hall–Kier alpha value is -2.98. The average molecular weight is 348 g/mol. The Balaban J connectivity index is 1.97. The average Bonchev–Trinajstić information content (AvgIpc) is 2.63. The van der Waals surface area contributed by atoms with Crippen LogP contribution < -0.4 is 5.69 Å². The zero-order chi connectivity index (χ0) is 17.2. The molecule has 0 N–H and O–H groups in total. The summed E-state index contributed by atoms with van der Waals surface area (Å²) < 4.78 is 1.59. The number of para-hydroxylation sites is 1. The molecular weight excluding hydrogens is 334 g/mol. The monoisotopic (exact) mass is 347 g/mol. The van der Waals surface area contributed by atoms with E-state index in [2.05, 4.69) is 9.97 Å². The molecule has 0 bridgehead atoms. The van der Waals surface area contributed by atoms with Crippen molar-refractivity contribution in [3.63, 3.8) is 0 Å². The Bertz CT molecular complexity index is 1090. The molecule has 0 aliphatic rings. The summed E-state index contributed by atoms with van der Waals surface area (Å²) in [4.78, 5) is 21.1. The molecule has 4 nitrogen and oxygen atoms in total. The first-order valence-corrected chi connectivity index (χ1v) is 8.26. The molecule has 0 spiro atoms. The van der Waals surface area contributed by atoms with Crippen LogP contribution in [0.5, 0.6) is 0 Å². The van der Waals surface area contributed by atoms with Gasteiger partial charge in [-0.15, -0.1) is 0 Å². The lowest BCUT2D eigenvalue weighted by atomic mass is 10.1. The summed E-state index contributed by atoms with van der Waals surface area (Å²) in [7, 11) is 0. The van der Waals surface area contributed by atoms with Crippen LogP contribution in [0.4, 0.5) is 0 Å². The Kier molecular flexibility index (Phi) is 4.04. The van der Waals surface area contributed by atoms with E-state index in [9.17, 15) is 4.79 Å². The van der Waals surface area contributed by atoms with Crippen LogP contribution in [0.15, 0.2) is 77.9 Å². The normalized spacial score (nSPS) is 10.9. The summed E-state index contributed by atoms with van der Waals surface area (Å²) in [5.41, 5.74) is 2.99. The second kappa shape index (κ2) is 6.49. The molecule has 25 heavy (non-hydrogen) atoms. The molecule has 4 aromatic rings. The lowest BCUT2D eigenvalue weighted by molar-refractivity contribution is 0.919. The van der Waals surface area contributed by atoms with Gasteiger partial charge in [0.25, 0.3) is 0 Å². The fourth-order valence-corrected chi connectivity index (χ4v) is 3.08. The molecule has 0 radical (unpaired) electrons. The van der Waals surface area contributed by atoms with E-state index < -0.39 is 0 Å². The first-order chi connectivity index (χ1) is 12.2.